The summed E-state index contributed by atoms with van der Waals surface area (Å²) < 4.78 is 14.1. The number of phenolic OH excluding ortho intramolecular Hbond substituents is 1. The molecule has 0 spiro atoms. The van der Waals surface area contributed by atoms with E-state index in [2.05, 4.69) is 26.1 Å². The van der Waals surface area contributed by atoms with Gasteiger partial charge in [-0.05, 0) is 19.1 Å². The average molecular weight is 376 g/mol. The zero-order valence-corrected chi connectivity index (χ0v) is 13.7. The number of nitrogens with one attached hydrogen (secondary N) is 1. The second-order valence-electron chi connectivity index (χ2n) is 4.29. The van der Waals surface area contributed by atoms with Gasteiger partial charge in [0, 0.05) is 42.3 Å². The molecule has 1 fully saturated rings. The smallest absolute Gasteiger partial charge is 0.166 e. The summed E-state index contributed by atoms with van der Waals surface area (Å²) in [6.07, 6.45) is 0. The van der Waals surface area contributed by atoms with Gasteiger partial charge < -0.3 is 10.4 Å². The van der Waals surface area contributed by atoms with Crippen molar-refractivity contribution in [3.05, 3.63) is 28.0 Å². The van der Waals surface area contributed by atoms with Crippen LogP contribution in [0.15, 0.2) is 16.6 Å². The van der Waals surface area contributed by atoms with Gasteiger partial charge in [0.2, 0.25) is 0 Å². The van der Waals surface area contributed by atoms with Crippen LogP contribution in [0.2, 0.25) is 0 Å². The fraction of sp³-hybridized carbons (Fsp3) is 0.500. The van der Waals surface area contributed by atoms with Crippen molar-refractivity contribution in [3.63, 3.8) is 0 Å². The molecule has 1 aromatic carbocycles. The van der Waals surface area contributed by atoms with Gasteiger partial charge in [-0.1, -0.05) is 15.9 Å². The van der Waals surface area contributed by atoms with Gasteiger partial charge in [0.25, 0.3) is 0 Å². The predicted molar refractivity (Wildman–Crippen MR) is 83.1 cm³/mol. The van der Waals surface area contributed by atoms with E-state index in [0.29, 0.717) is 10.0 Å². The van der Waals surface area contributed by atoms with Crippen molar-refractivity contribution in [2.45, 2.75) is 13.0 Å². The summed E-state index contributed by atoms with van der Waals surface area (Å²) in [6.45, 7) is 5.68. The number of aromatic hydroxyl groups is 1. The lowest BCUT2D eigenvalue weighted by atomic mass is 10.0. The van der Waals surface area contributed by atoms with E-state index in [0.717, 1.165) is 26.2 Å². The molecule has 1 atom stereocenters. The van der Waals surface area contributed by atoms with Gasteiger partial charge in [-0.15, -0.1) is 24.8 Å². The van der Waals surface area contributed by atoms with Crippen LogP contribution in [0.3, 0.4) is 0 Å². The molecule has 0 radical (unpaired) electrons. The normalized spacial score (nSPS) is 17.2. The Hall–Kier alpha value is -0.0700. The molecule has 2 rings (SSSR count). The van der Waals surface area contributed by atoms with Gasteiger partial charge in [0.15, 0.2) is 11.6 Å². The van der Waals surface area contributed by atoms with Crippen molar-refractivity contribution in [1.82, 2.24) is 10.2 Å². The lowest BCUT2D eigenvalue weighted by molar-refractivity contribution is 0.182. The van der Waals surface area contributed by atoms with E-state index in [4.69, 9.17) is 0 Å². The molecule has 1 aromatic rings. The maximum Gasteiger partial charge on any atom is 0.166 e. The zero-order valence-electron chi connectivity index (χ0n) is 10.5. The lowest BCUT2D eigenvalue weighted by Crippen LogP contribution is -2.44. The third-order valence-electron chi connectivity index (χ3n) is 3.21. The van der Waals surface area contributed by atoms with Crippen molar-refractivity contribution < 1.29 is 9.50 Å². The average Bonchev–Trinajstić information content (AvgIpc) is 2.34. The molecule has 110 valence electrons. The first-order valence-corrected chi connectivity index (χ1v) is 6.51. The van der Waals surface area contributed by atoms with Gasteiger partial charge in [-0.25, -0.2) is 4.39 Å². The fourth-order valence-corrected chi connectivity index (χ4v) is 2.62. The number of rotatable bonds is 2. The summed E-state index contributed by atoms with van der Waals surface area (Å²) in [7, 11) is 0. The first-order valence-electron chi connectivity index (χ1n) is 5.72. The van der Waals surface area contributed by atoms with Crippen molar-refractivity contribution in [2.75, 3.05) is 26.2 Å². The number of phenols is 1. The van der Waals surface area contributed by atoms with Crippen LogP contribution < -0.4 is 5.32 Å². The van der Waals surface area contributed by atoms with Gasteiger partial charge in [-0.2, -0.15) is 0 Å². The molecular weight excluding hydrogens is 358 g/mol. The monoisotopic (exact) mass is 374 g/mol. The Labute approximate surface area is 133 Å². The topological polar surface area (TPSA) is 35.5 Å². The highest BCUT2D eigenvalue weighted by Gasteiger charge is 2.22. The van der Waals surface area contributed by atoms with E-state index in [1.165, 1.54) is 6.07 Å². The van der Waals surface area contributed by atoms with Crippen LogP contribution in [0, 0.1) is 5.82 Å². The quantitative estimate of drug-likeness (QED) is 0.833. The summed E-state index contributed by atoms with van der Waals surface area (Å²) in [4.78, 5) is 2.23. The summed E-state index contributed by atoms with van der Waals surface area (Å²) in [5, 5.41) is 13.1. The van der Waals surface area contributed by atoms with E-state index < -0.39 is 5.82 Å². The number of halogens is 4. The highest BCUT2D eigenvalue weighted by atomic mass is 79.9. The van der Waals surface area contributed by atoms with Crippen LogP contribution in [-0.4, -0.2) is 36.2 Å². The Morgan fingerprint density at radius 1 is 1.32 bits per heavy atom. The number of piperazine rings is 1. The minimum atomic E-state index is -0.573. The van der Waals surface area contributed by atoms with Crippen molar-refractivity contribution in [2.24, 2.45) is 0 Å². The number of hydrogen-bond donors (Lipinski definition) is 2. The lowest BCUT2D eigenvalue weighted by Gasteiger charge is -2.33. The maximum atomic E-state index is 13.5. The van der Waals surface area contributed by atoms with Gasteiger partial charge in [0.05, 0.1) is 0 Å². The van der Waals surface area contributed by atoms with Gasteiger partial charge in [-0.3, -0.25) is 4.90 Å². The van der Waals surface area contributed by atoms with E-state index in [9.17, 15) is 9.50 Å². The molecular formula is C12H18BrCl2FN2O. The predicted octanol–water partition coefficient (Wildman–Crippen LogP) is 3.10. The second-order valence-corrected chi connectivity index (χ2v) is 5.20. The molecule has 0 bridgehead atoms. The van der Waals surface area contributed by atoms with Gasteiger partial charge in [0.1, 0.15) is 0 Å². The van der Waals surface area contributed by atoms with Crippen LogP contribution in [0.1, 0.15) is 18.5 Å². The second kappa shape index (κ2) is 8.27. The summed E-state index contributed by atoms with van der Waals surface area (Å²) in [5.41, 5.74) is 0.638. The molecule has 0 saturated carbocycles. The summed E-state index contributed by atoms with van der Waals surface area (Å²) >= 11 is 3.26. The van der Waals surface area contributed by atoms with Crippen LogP contribution in [0.5, 0.6) is 5.75 Å². The molecule has 0 amide bonds. The zero-order chi connectivity index (χ0) is 12.4. The fourth-order valence-electron chi connectivity index (χ4n) is 2.17. The Kier molecular flexibility index (Phi) is 8.24. The molecule has 1 aliphatic rings. The minimum absolute atomic E-state index is 0. The first-order chi connectivity index (χ1) is 8.09. The van der Waals surface area contributed by atoms with Crippen LogP contribution >= 0.6 is 40.7 Å². The molecule has 0 unspecified atom stereocenters. The molecule has 1 aliphatic heterocycles. The van der Waals surface area contributed by atoms with Crippen LogP contribution in [0.25, 0.3) is 0 Å². The molecule has 0 aliphatic carbocycles. The molecule has 0 aromatic heterocycles. The number of hydrogen-bond acceptors (Lipinski definition) is 3. The van der Waals surface area contributed by atoms with Crippen LogP contribution in [-0.2, 0) is 0 Å². The summed E-state index contributed by atoms with van der Waals surface area (Å²) in [5.74, 6) is -0.810. The highest BCUT2D eigenvalue weighted by Crippen LogP contribution is 2.33. The third-order valence-corrected chi connectivity index (χ3v) is 3.66. The molecule has 2 N–H and O–H groups in total. The van der Waals surface area contributed by atoms with Crippen molar-refractivity contribution >= 4 is 40.7 Å². The molecule has 7 heteroatoms. The van der Waals surface area contributed by atoms with Crippen molar-refractivity contribution in [1.29, 1.82) is 0 Å². The Balaban J connectivity index is 0.00000162. The standard InChI is InChI=1S/C12H16BrFN2O.2ClH/c1-8(16-4-2-15-3-5-16)10-6-9(13)7-11(14)12(10)17;;/h6-8,15,17H,2-5H2,1H3;2*1H/t8-;;/m1../s1. The van der Waals surface area contributed by atoms with Crippen molar-refractivity contribution in [3.8, 4) is 5.75 Å². The summed E-state index contributed by atoms with van der Waals surface area (Å²) in [6, 6.07) is 3.08. The third kappa shape index (κ3) is 4.46. The largest absolute Gasteiger partial charge is 0.505 e. The van der Waals surface area contributed by atoms with E-state index >= 15 is 0 Å². The van der Waals surface area contributed by atoms with E-state index in [1.807, 2.05) is 6.92 Å². The van der Waals surface area contributed by atoms with Gasteiger partial charge >= 0.3 is 0 Å². The Morgan fingerprint density at radius 3 is 2.47 bits per heavy atom. The highest BCUT2D eigenvalue weighted by molar-refractivity contribution is 9.10. The van der Waals surface area contributed by atoms with E-state index in [1.54, 1.807) is 6.07 Å². The molecule has 19 heavy (non-hydrogen) atoms. The van der Waals surface area contributed by atoms with E-state index in [-0.39, 0.29) is 36.6 Å². The Bertz CT molecular complexity index is 417. The SMILES string of the molecule is C[C@H](c1cc(Br)cc(F)c1O)N1CCNCC1.Cl.Cl. The Morgan fingerprint density at radius 2 is 1.89 bits per heavy atom. The molecule has 3 nitrogen and oxygen atoms in total. The first kappa shape index (κ1) is 18.9. The molecule has 1 heterocycles. The minimum Gasteiger partial charge on any atom is -0.505 e. The number of benzene rings is 1. The maximum absolute atomic E-state index is 13.5. The van der Waals surface area contributed by atoms with Crippen LogP contribution in [0.4, 0.5) is 4.39 Å². The number of nitrogens with zero attached hydrogens (tertiary/aromatic N) is 1. The molecule has 1 saturated heterocycles.